The lowest BCUT2D eigenvalue weighted by atomic mass is 10.0. The van der Waals surface area contributed by atoms with Crippen molar-refractivity contribution in [3.8, 4) is 5.75 Å². The Hall–Kier alpha value is -2.49. The maximum Gasteiger partial charge on any atom is 0.319 e. The van der Waals surface area contributed by atoms with Gasteiger partial charge >= 0.3 is 6.03 Å². The molecule has 0 fully saturated rings. The lowest BCUT2D eigenvalue weighted by Crippen LogP contribution is -2.31. The average molecular weight is 298 g/mol. The first kappa shape index (κ1) is 15.9. The number of ether oxygens (including phenoxy) is 1. The molecule has 116 valence electrons. The smallest absolute Gasteiger partial charge is 0.319 e. The fraction of sp³-hybridized carbons (Fsp3) is 0.278. The Bertz CT molecular complexity index is 668. The second-order valence-electron chi connectivity index (χ2n) is 5.41. The van der Waals surface area contributed by atoms with E-state index in [1.807, 2.05) is 39.0 Å². The zero-order valence-electron chi connectivity index (χ0n) is 13.4. The van der Waals surface area contributed by atoms with E-state index in [1.165, 1.54) is 11.1 Å². The van der Waals surface area contributed by atoms with Crippen LogP contribution in [0.25, 0.3) is 0 Å². The molecule has 4 nitrogen and oxygen atoms in total. The van der Waals surface area contributed by atoms with Gasteiger partial charge in [0.25, 0.3) is 0 Å². The number of hydrogen-bond donors (Lipinski definition) is 2. The lowest BCUT2D eigenvalue weighted by Gasteiger charge is -2.18. The number of amides is 2. The minimum Gasteiger partial charge on any atom is -0.497 e. The molecule has 0 heterocycles. The third kappa shape index (κ3) is 4.01. The van der Waals surface area contributed by atoms with Crippen LogP contribution in [0.3, 0.4) is 0 Å². The molecule has 1 atom stereocenters. The van der Waals surface area contributed by atoms with Gasteiger partial charge in [-0.15, -0.1) is 0 Å². The highest BCUT2D eigenvalue weighted by Gasteiger charge is 2.12. The summed E-state index contributed by atoms with van der Waals surface area (Å²) in [6, 6.07) is 13.2. The molecule has 4 heteroatoms. The Morgan fingerprint density at radius 2 is 1.91 bits per heavy atom. The second kappa shape index (κ2) is 6.98. The van der Waals surface area contributed by atoms with Gasteiger partial charge in [-0.05, 0) is 44.0 Å². The predicted molar refractivity (Wildman–Crippen MR) is 89.5 cm³/mol. The van der Waals surface area contributed by atoms with Gasteiger partial charge in [-0.1, -0.05) is 29.8 Å². The zero-order chi connectivity index (χ0) is 16.1. The minimum absolute atomic E-state index is 0.0643. The summed E-state index contributed by atoms with van der Waals surface area (Å²) in [4.78, 5) is 12.1. The van der Waals surface area contributed by atoms with Crippen LogP contribution in [-0.2, 0) is 0 Å². The lowest BCUT2D eigenvalue weighted by molar-refractivity contribution is 0.249. The fourth-order valence-corrected chi connectivity index (χ4v) is 2.37. The van der Waals surface area contributed by atoms with Crippen LogP contribution in [0.2, 0.25) is 0 Å². The van der Waals surface area contributed by atoms with Crippen LogP contribution >= 0.6 is 0 Å². The number of carbonyl (C=O) groups is 1. The molecule has 0 saturated heterocycles. The fourth-order valence-electron chi connectivity index (χ4n) is 2.37. The first-order valence-corrected chi connectivity index (χ1v) is 7.28. The van der Waals surface area contributed by atoms with Crippen molar-refractivity contribution in [2.45, 2.75) is 26.8 Å². The summed E-state index contributed by atoms with van der Waals surface area (Å²) in [7, 11) is 1.60. The molecule has 2 N–H and O–H groups in total. The van der Waals surface area contributed by atoms with Crippen molar-refractivity contribution in [3.05, 3.63) is 59.2 Å². The van der Waals surface area contributed by atoms with E-state index in [9.17, 15) is 4.79 Å². The molecule has 2 amide bonds. The van der Waals surface area contributed by atoms with Crippen molar-refractivity contribution < 1.29 is 9.53 Å². The van der Waals surface area contributed by atoms with Crippen molar-refractivity contribution >= 4 is 11.7 Å². The Labute approximate surface area is 131 Å². The molecule has 0 radical (unpaired) electrons. The molecule has 1 unspecified atom stereocenters. The summed E-state index contributed by atoms with van der Waals surface area (Å²) >= 11 is 0. The first-order chi connectivity index (χ1) is 10.5. The molecule has 0 aliphatic carbocycles. The standard InChI is InChI=1S/C18H22N2O2/c1-12-8-9-13(2)17(10-12)14(3)19-18(21)20-15-6-5-7-16(11-15)22-4/h5-11,14H,1-4H3,(H2,19,20,21). The number of benzene rings is 2. The van der Waals surface area contributed by atoms with Gasteiger partial charge in [0.1, 0.15) is 5.75 Å². The van der Waals surface area contributed by atoms with Crippen molar-refractivity contribution in [2.75, 3.05) is 12.4 Å². The number of methoxy groups -OCH3 is 1. The van der Waals surface area contributed by atoms with Crippen LogP contribution in [-0.4, -0.2) is 13.1 Å². The topological polar surface area (TPSA) is 50.4 Å². The van der Waals surface area contributed by atoms with Gasteiger partial charge in [0.15, 0.2) is 0 Å². The number of urea groups is 1. The van der Waals surface area contributed by atoms with Gasteiger partial charge in [0.05, 0.1) is 13.2 Å². The zero-order valence-corrected chi connectivity index (χ0v) is 13.4. The van der Waals surface area contributed by atoms with Crippen LogP contribution in [0.15, 0.2) is 42.5 Å². The summed E-state index contributed by atoms with van der Waals surface area (Å²) in [5.41, 5.74) is 4.17. The average Bonchev–Trinajstić information content (AvgIpc) is 2.49. The molecule has 0 aliphatic rings. The maximum absolute atomic E-state index is 12.1. The highest BCUT2D eigenvalue weighted by Crippen LogP contribution is 2.20. The van der Waals surface area contributed by atoms with Crippen molar-refractivity contribution in [2.24, 2.45) is 0 Å². The van der Waals surface area contributed by atoms with Gasteiger partial charge in [0.2, 0.25) is 0 Å². The molecule has 2 rings (SSSR count). The van der Waals surface area contributed by atoms with Crippen molar-refractivity contribution in [3.63, 3.8) is 0 Å². The molecule has 0 spiro atoms. The van der Waals surface area contributed by atoms with Crippen LogP contribution < -0.4 is 15.4 Å². The predicted octanol–water partition coefficient (Wildman–Crippen LogP) is 4.19. The third-order valence-corrected chi connectivity index (χ3v) is 3.58. The quantitative estimate of drug-likeness (QED) is 0.889. The van der Waals surface area contributed by atoms with Gasteiger partial charge < -0.3 is 15.4 Å². The van der Waals surface area contributed by atoms with Crippen LogP contribution in [0.1, 0.15) is 29.7 Å². The van der Waals surface area contributed by atoms with Crippen molar-refractivity contribution in [1.82, 2.24) is 5.32 Å². The van der Waals surface area contributed by atoms with Crippen LogP contribution in [0, 0.1) is 13.8 Å². The molecule has 0 bridgehead atoms. The van der Waals surface area contributed by atoms with Gasteiger partial charge in [-0.25, -0.2) is 4.79 Å². The number of rotatable bonds is 4. The number of carbonyl (C=O) groups excluding carboxylic acids is 1. The largest absolute Gasteiger partial charge is 0.497 e. The summed E-state index contributed by atoms with van der Waals surface area (Å²) in [5.74, 6) is 0.709. The number of anilines is 1. The van der Waals surface area contributed by atoms with E-state index < -0.39 is 0 Å². The number of hydrogen-bond acceptors (Lipinski definition) is 2. The summed E-state index contributed by atoms with van der Waals surface area (Å²) in [6.07, 6.45) is 0. The highest BCUT2D eigenvalue weighted by atomic mass is 16.5. The molecule has 0 aliphatic heterocycles. The Balaban J connectivity index is 2.03. The van der Waals surface area contributed by atoms with E-state index in [0.29, 0.717) is 11.4 Å². The molecule has 22 heavy (non-hydrogen) atoms. The number of aryl methyl sites for hydroxylation is 2. The normalized spacial score (nSPS) is 11.6. The molecule has 0 saturated carbocycles. The monoisotopic (exact) mass is 298 g/mol. The number of nitrogens with one attached hydrogen (secondary N) is 2. The molecule has 0 aromatic heterocycles. The highest BCUT2D eigenvalue weighted by molar-refractivity contribution is 5.89. The van der Waals surface area contributed by atoms with Gasteiger partial charge in [0, 0.05) is 11.8 Å². The molecular weight excluding hydrogens is 276 g/mol. The van der Waals surface area contributed by atoms with E-state index >= 15 is 0 Å². The van der Waals surface area contributed by atoms with Gasteiger partial charge in [-0.3, -0.25) is 0 Å². The summed E-state index contributed by atoms with van der Waals surface area (Å²) in [5, 5.41) is 5.78. The van der Waals surface area contributed by atoms with E-state index in [0.717, 1.165) is 5.56 Å². The van der Waals surface area contributed by atoms with Crippen molar-refractivity contribution in [1.29, 1.82) is 0 Å². The van der Waals surface area contributed by atoms with E-state index in [2.05, 4.69) is 28.8 Å². The van der Waals surface area contributed by atoms with Crippen LogP contribution in [0.5, 0.6) is 5.75 Å². The minimum atomic E-state index is -0.235. The van der Waals surface area contributed by atoms with E-state index in [-0.39, 0.29) is 12.1 Å². The second-order valence-corrected chi connectivity index (χ2v) is 5.41. The Kier molecular flexibility index (Phi) is 5.04. The van der Waals surface area contributed by atoms with Gasteiger partial charge in [-0.2, -0.15) is 0 Å². The SMILES string of the molecule is COc1cccc(NC(=O)NC(C)c2cc(C)ccc2C)c1. The Morgan fingerprint density at radius 1 is 1.14 bits per heavy atom. The summed E-state index contributed by atoms with van der Waals surface area (Å²) < 4.78 is 5.14. The Morgan fingerprint density at radius 3 is 2.64 bits per heavy atom. The summed E-state index contributed by atoms with van der Waals surface area (Å²) in [6.45, 7) is 6.08. The van der Waals surface area contributed by atoms with Crippen LogP contribution in [0.4, 0.5) is 10.5 Å². The molecular formula is C18H22N2O2. The third-order valence-electron chi connectivity index (χ3n) is 3.58. The maximum atomic E-state index is 12.1. The molecule has 2 aromatic rings. The van der Waals surface area contributed by atoms with E-state index in [4.69, 9.17) is 4.74 Å². The van der Waals surface area contributed by atoms with E-state index in [1.54, 1.807) is 13.2 Å². The first-order valence-electron chi connectivity index (χ1n) is 7.28. The molecule has 2 aromatic carbocycles.